The number of nitrogens with zero attached hydrogens (tertiary/aromatic N) is 4. The van der Waals surface area contributed by atoms with Crippen LogP contribution in [0, 0.1) is 46.4 Å². The van der Waals surface area contributed by atoms with E-state index in [1.807, 2.05) is 30.4 Å². The van der Waals surface area contributed by atoms with E-state index in [0.717, 1.165) is 24.3 Å². The maximum atomic E-state index is 11.8. The van der Waals surface area contributed by atoms with Gasteiger partial charge in [-0.05, 0) is 5.57 Å². The molecule has 0 amide bonds. The summed E-state index contributed by atoms with van der Waals surface area (Å²) in [7, 11) is 0. The molecule has 0 radical (unpaired) electrons. The van der Waals surface area contributed by atoms with Crippen LogP contribution in [-0.2, 0) is 0 Å². The Bertz CT molecular complexity index is 1370. The molecule has 0 unspecified atom stereocenters. The number of benzene rings is 2. The van der Waals surface area contributed by atoms with Crippen molar-refractivity contribution in [2.45, 2.75) is 0 Å². The maximum absolute atomic E-state index is 11.8. The highest BCUT2D eigenvalue weighted by atomic mass is 16.6. The van der Waals surface area contributed by atoms with Gasteiger partial charge in [-0.25, -0.2) is 0 Å². The number of nitro groups is 4. The van der Waals surface area contributed by atoms with Crippen LogP contribution >= 0.6 is 0 Å². The zero-order valence-electron chi connectivity index (χ0n) is 17.6. The van der Waals surface area contributed by atoms with Gasteiger partial charge in [0.05, 0.1) is 43.0 Å². The van der Waals surface area contributed by atoms with Gasteiger partial charge < -0.3 is 0 Å². The van der Waals surface area contributed by atoms with Crippen LogP contribution in [0.1, 0.15) is 11.1 Å². The highest BCUT2D eigenvalue weighted by molar-refractivity contribution is 6.08. The minimum atomic E-state index is -0.870. The quantitative estimate of drug-likeness (QED) is 0.242. The van der Waals surface area contributed by atoms with Gasteiger partial charge >= 0.3 is 0 Å². The summed E-state index contributed by atoms with van der Waals surface area (Å²) in [4.78, 5) is 43.1. The van der Waals surface area contributed by atoms with Crippen molar-refractivity contribution in [2.24, 2.45) is 5.92 Å². The third-order valence-corrected chi connectivity index (χ3v) is 5.45. The van der Waals surface area contributed by atoms with E-state index in [9.17, 15) is 40.5 Å². The highest BCUT2D eigenvalue weighted by Gasteiger charge is 2.40. The van der Waals surface area contributed by atoms with E-state index in [1.54, 1.807) is 18.2 Å². The Balaban J connectivity index is 1.97. The molecule has 35 heavy (non-hydrogen) atoms. The van der Waals surface area contributed by atoms with Crippen LogP contribution in [0.4, 0.5) is 22.7 Å². The third kappa shape index (κ3) is 4.23. The smallest absolute Gasteiger partial charge is 0.258 e. The maximum Gasteiger partial charge on any atom is 0.284 e. The SMILES string of the molecule is O=[N+]([O-])c1cc2c(c([N+](=O)[O-])c1)-c1c(cc([N+](=O)[O-])cc1[N+](=O)[O-])C2=C/C=C/C=C/C1C=CC=C1. The summed E-state index contributed by atoms with van der Waals surface area (Å²) >= 11 is 0. The zero-order valence-corrected chi connectivity index (χ0v) is 17.6. The van der Waals surface area contributed by atoms with Crippen LogP contribution in [0.2, 0.25) is 0 Å². The molecule has 12 nitrogen and oxygen atoms in total. The molecule has 0 saturated carbocycles. The molecule has 2 aromatic rings. The molecule has 0 bridgehead atoms. The van der Waals surface area contributed by atoms with E-state index >= 15 is 0 Å². The van der Waals surface area contributed by atoms with Gasteiger partial charge in [0, 0.05) is 29.2 Å². The van der Waals surface area contributed by atoms with Crippen LogP contribution in [0.25, 0.3) is 16.7 Å². The molecule has 2 aromatic carbocycles. The molecule has 12 heteroatoms. The topological polar surface area (TPSA) is 173 Å². The van der Waals surface area contributed by atoms with Gasteiger partial charge in [0.1, 0.15) is 0 Å². The predicted molar refractivity (Wildman–Crippen MR) is 126 cm³/mol. The number of non-ortho nitro benzene ring substituents is 2. The molecule has 0 atom stereocenters. The molecule has 0 saturated heterocycles. The van der Waals surface area contributed by atoms with Crippen LogP contribution in [0.15, 0.2) is 78.9 Å². The first kappa shape index (κ1) is 22.9. The van der Waals surface area contributed by atoms with Crippen molar-refractivity contribution >= 4 is 28.3 Å². The number of rotatable bonds is 7. The lowest BCUT2D eigenvalue weighted by atomic mass is 10.0. The average Bonchev–Trinajstić information content (AvgIpc) is 3.43. The summed E-state index contributed by atoms with van der Waals surface area (Å²) in [6.45, 7) is 0. The lowest BCUT2D eigenvalue weighted by molar-refractivity contribution is -0.395. The first-order chi connectivity index (χ1) is 16.7. The fourth-order valence-electron chi connectivity index (χ4n) is 3.98. The second kappa shape index (κ2) is 8.94. The second-order valence-electron chi connectivity index (χ2n) is 7.50. The Labute approximate surface area is 196 Å². The van der Waals surface area contributed by atoms with Gasteiger partial charge in [-0.2, -0.15) is 0 Å². The summed E-state index contributed by atoms with van der Waals surface area (Å²) in [5.41, 5.74) is -2.84. The second-order valence-corrected chi connectivity index (χ2v) is 7.50. The van der Waals surface area contributed by atoms with Crippen molar-refractivity contribution in [1.82, 2.24) is 0 Å². The van der Waals surface area contributed by atoms with Gasteiger partial charge in [0.15, 0.2) is 0 Å². The number of hydrogen-bond acceptors (Lipinski definition) is 8. The van der Waals surface area contributed by atoms with Gasteiger partial charge in [0.25, 0.3) is 22.7 Å². The third-order valence-electron chi connectivity index (χ3n) is 5.45. The van der Waals surface area contributed by atoms with Crippen LogP contribution in [0.3, 0.4) is 0 Å². The molecule has 0 heterocycles. The molecule has 0 aromatic heterocycles. The Morgan fingerprint density at radius 1 is 0.629 bits per heavy atom. The van der Waals surface area contributed by atoms with Crippen molar-refractivity contribution in [1.29, 1.82) is 0 Å². The molecule has 0 N–H and O–H groups in total. The van der Waals surface area contributed by atoms with E-state index in [4.69, 9.17) is 0 Å². The van der Waals surface area contributed by atoms with Crippen molar-refractivity contribution in [3.63, 3.8) is 0 Å². The van der Waals surface area contributed by atoms with Gasteiger partial charge in [-0.15, -0.1) is 0 Å². The Morgan fingerprint density at radius 3 is 1.54 bits per heavy atom. The molecule has 0 aliphatic heterocycles. The molecular weight excluding hydrogens is 460 g/mol. The van der Waals surface area contributed by atoms with E-state index in [0.29, 0.717) is 0 Å². The highest BCUT2D eigenvalue weighted by Crippen LogP contribution is 2.54. The number of nitro benzene ring substituents is 4. The van der Waals surface area contributed by atoms with Crippen molar-refractivity contribution in [2.75, 3.05) is 0 Å². The van der Waals surface area contributed by atoms with Gasteiger partial charge in [-0.1, -0.05) is 54.7 Å². The summed E-state index contributed by atoms with van der Waals surface area (Å²) in [6, 6.07) is 3.58. The summed E-state index contributed by atoms with van der Waals surface area (Å²) in [5, 5.41) is 46.4. The largest absolute Gasteiger partial charge is 0.284 e. The zero-order chi connectivity index (χ0) is 25.3. The first-order valence-electron chi connectivity index (χ1n) is 10.0. The number of fused-ring (bicyclic) bond motifs is 3. The molecular formula is C23H14N4O8. The average molecular weight is 474 g/mol. The predicted octanol–water partition coefficient (Wildman–Crippen LogP) is 5.59. The van der Waals surface area contributed by atoms with Crippen LogP contribution in [-0.4, -0.2) is 19.7 Å². The Hall–Kier alpha value is -5.26. The lowest BCUT2D eigenvalue weighted by Gasteiger charge is -2.04. The normalized spacial score (nSPS) is 14.0. The first-order valence-corrected chi connectivity index (χ1v) is 10.0. The van der Waals surface area contributed by atoms with Crippen molar-refractivity contribution in [3.8, 4) is 11.1 Å². The van der Waals surface area contributed by atoms with E-state index in [2.05, 4.69) is 0 Å². The summed E-state index contributed by atoms with van der Waals surface area (Å²) < 4.78 is 0. The summed E-state index contributed by atoms with van der Waals surface area (Å²) in [6.07, 6.45) is 16.0. The fourth-order valence-corrected chi connectivity index (χ4v) is 3.98. The Morgan fingerprint density at radius 2 is 1.11 bits per heavy atom. The number of allylic oxidation sites excluding steroid dienone is 9. The van der Waals surface area contributed by atoms with Crippen molar-refractivity contribution in [3.05, 3.63) is 131 Å². The molecule has 174 valence electrons. The molecule has 2 aliphatic rings. The van der Waals surface area contributed by atoms with Crippen LogP contribution in [0.5, 0.6) is 0 Å². The minimum Gasteiger partial charge on any atom is -0.258 e. The number of hydrogen-bond donors (Lipinski definition) is 0. The molecule has 0 fully saturated rings. The molecule has 0 spiro atoms. The molecule has 2 aliphatic carbocycles. The van der Waals surface area contributed by atoms with Crippen LogP contribution < -0.4 is 0 Å². The molecule has 4 rings (SSSR count). The Kier molecular flexibility index (Phi) is 5.85. The van der Waals surface area contributed by atoms with Gasteiger partial charge in [-0.3, -0.25) is 40.5 Å². The van der Waals surface area contributed by atoms with E-state index in [1.165, 1.54) is 6.08 Å². The lowest BCUT2D eigenvalue weighted by Crippen LogP contribution is -1.99. The van der Waals surface area contributed by atoms with E-state index < -0.39 is 42.4 Å². The van der Waals surface area contributed by atoms with Gasteiger partial charge in [0.2, 0.25) is 0 Å². The van der Waals surface area contributed by atoms with E-state index in [-0.39, 0.29) is 33.7 Å². The minimum absolute atomic E-state index is 0.000197. The summed E-state index contributed by atoms with van der Waals surface area (Å²) in [5.74, 6) is 0.121. The monoisotopic (exact) mass is 474 g/mol. The standard InChI is InChI=1S/C23H14N4O8/c28-24(29)15-10-18-17(9-3-1-2-6-14-7-4-5-8-14)19-11-16(25(30)31)13-21(27(34)35)23(19)22(18)20(12-15)26(32)33/h1-14H/b3-1+,6-2+. The fraction of sp³-hybridized carbons (Fsp3) is 0.0435. The van der Waals surface area contributed by atoms with Crippen molar-refractivity contribution < 1.29 is 19.7 Å².